The molecule has 4 N–H and O–H groups in total. The number of benzene rings is 1. The Bertz CT molecular complexity index is 456. The number of rotatable bonds is 4. The van der Waals surface area contributed by atoms with Crippen LogP contribution < -0.4 is 5.73 Å². The van der Waals surface area contributed by atoms with Crippen LogP contribution in [0, 0.1) is 6.92 Å². The summed E-state index contributed by atoms with van der Waals surface area (Å²) in [5.74, 6) is -1.09. The Kier molecular flexibility index (Phi) is 3.98. The summed E-state index contributed by atoms with van der Waals surface area (Å²) in [5, 5.41) is 19.1. The molecule has 1 amide bonds. The highest BCUT2D eigenvalue weighted by molar-refractivity contribution is 5.94. The van der Waals surface area contributed by atoms with Crippen molar-refractivity contribution < 1.29 is 19.8 Å². The number of aryl methyl sites for hydroxylation is 1. The summed E-state index contributed by atoms with van der Waals surface area (Å²) in [6.45, 7) is 3.11. The Hall–Kier alpha value is -1.72. The van der Waals surface area contributed by atoms with Gasteiger partial charge in [-0.05, 0) is 31.0 Å². The Morgan fingerprint density at radius 3 is 2.29 bits per heavy atom. The van der Waals surface area contributed by atoms with Gasteiger partial charge in [0, 0.05) is 5.56 Å². The van der Waals surface area contributed by atoms with Crippen LogP contribution in [0.2, 0.25) is 0 Å². The fourth-order valence-corrected chi connectivity index (χ4v) is 1.55. The summed E-state index contributed by atoms with van der Waals surface area (Å²) >= 11 is 0. The SMILES string of the molecule is CC(=O)c1ccc(C(O)C(O)C(N)=O)c(C)c1. The number of carbonyl (C=O) groups is 2. The van der Waals surface area contributed by atoms with Gasteiger partial charge in [-0.2, -0.15) is 0 Å². The average molecular weight is 237 g/mol. The molecule has 0 aromatic heterocycles. The van der Waals surface area contributed by atoms with Gasteiger partial charge < -0.3 is 15.9 Å². The average Bonchev–Trinajstić information content (AvgIpc) is 2.26. The van der Waals surface area contributed by atoms with Crippen LogP contribution in [-0.2, 0) is 4.79 Å². The molecule has 0 bridgehead atoms. The minimum Gasteiger partial charge on any atom is -0.385 e. The molecule has 17 heavy (non-hydrogen) atoms. The molecule has 2 atom stereocenters. The molecule has 0 radical (unpaired) electrons. The zero-order chi connectivity index (χ0) is 13.2. The van der Waals surface area contributed by atoms with Crippen molar-refractivity contribution in [1.82, 2.24) is 0 Å². The van der Waals surface area contributed by atoms with Crippen molar-refractivity contribution in [3.8, 4) is 0 Å². The lowest BCUT2D eigenvalue weighted by Crippen LogP contribution is -2.34. The van der Waals surface area contributed by atoms with Crippen LogP contribution in [0.15, 0.2) is 18.2 Å². The molecule has 0 saturated carbocycles. The zero-order valence-corrected chi connectivity index (χ0v) is 9.68. The number of primary amides is 1. The predicted octanol–water partition coefficient (Wildman–Crippen LogP) is 0.0772. The van der Waals surface area contributed by atoms with E-state index in [-0.39, 0.29) is 5.78 Å². The maximum Gasteiger partial charge on any atom is 0.249 e. The molecule has 0 aliphatic heterocycles. The van der Waals surface area contributed by atoms with Crippen molar-refractivity contribution in [3.05, 3.63) is 34.9 Å². The molecule has 1 aromatic carbocycles. The normalized spacial score (nSPS) is 14.1. The van der Waals surface area contributed by atoms with Crippen molar-refractivity contribution in [2.24, 2.45) is 5.73 Å². The van der Waals surface area contributed by atoms with Crippen LogP contribution >= 0.6 is 0 Å². The maximum atomic E-state index is 11.1. The fraction of sp³-hybridized carbons (Fsp3) is 0.333. The van der Waals surface area contributed by atoms with Crippen LogP contribution in [0.4, 0.5) is 0 Å². The van der Waals surface area contributed by atoms with E-state index in [0.717, 1.165) is 0 Å². The number of aliphatic hydroxyl groups is 2. The number of Topliss-reactive ketones (excluding diaryl/α,β-unsaturated/α-hetero) is 1. The molecule has 2 unspecified atom stereocenters. The van der Waals surface area contributed by atoms with E-state index in [1.807, 2.05) is 0 Å². The number of ketones is 1. The highest BCUT2D eigenvalue weighted by atomic mass is 16.3. The first-order valence-corrected chi connectivity index (χ1v) is 5.11. The summed E-state index contributed by atoms with van der Waals surface area (Å²) in [5.41, 5.74) is 6.40. The van der Waals surface area contributed by atoms with Crippen LogP contribution in [-0.4, -0.2) is 28.0 Å². The van der Waals surface area contributed by atoms with Gasteiger partial charge >= 0.3 is 0 Å². The predicted molar refractivity (Wildman–Crippen MR) is 61.3 cm³/mol. The largest absolute Gasteiger partial charge is 0.385 e. The minimum atomic E-state index is -1.66. The second kappa shape index (κ2) is 5.07. The molecule has 0 saturated heterocycles. The number of carbonyl (C=O) groups excluding carboxylic acids is 2. The van der Waals surface area contributed by atoms with Gasteiger partial charge in [0.15, 0.2) is 11.9 Å². The van der Waals surface area contributed by atoms with Crippen LogP contribution in [0.5, 0.6) is 0 Å². The third-order valence-electron chi connectivity index (χ3n) is 2.59. The Balaban J connectivity index is 3.08. The Morgan fingerprint density at radius 1 is 1.29 bits per heavy atom. The van der Waals surface area contributed by atoms with Gasteiger partial charge in [0.05, 0.1) is 0 Å². The van der Waals surface area contributed by atoms with Crippen molar-refractivity contribution in [2.75, 3.05) is 0 Å². The fourth-order valence-electron chi connectivity index (χ4n) is 1.55. The monoisotopic (exact) mass is 237 g/mol. The van der Waals surface area contributed by atoms with E-state index in [0.29, 0.717) is 16.7 Å². The van der Waals surface area contributed by atoms with E-state index in [2.05, 4.69) is 0 Å². The number of nitrogens with two attached hydrogens (primary N) is 1. The van der Waals surface area contributed by atoms with E-state index < -0.39 is 18.1 Å². The summed E-state index contributed by atoms with van der Waals surface area (Å²) < 4.78 is 0. The summed E-state index contributed by atoms with van der Waals surface area (Å²) in [6, 6.07) is 4.62. The number of hydrogen-bond acceptors (Lipinski definition) is 4. The summed E-state index contributed by atoms with van der Waals surface area (Å²) in [7, 11) is 0. The van der Waals surface area contributed by atoms with Crippen molar-refractivity contribution in [2.45, 2.75) is 26.1 Å². The number of hydrogen-bond donors (Lipinski definition) is 3. The van der Waals surface area contributed by atoms with Crippen LogP contribution in [0.3, 0.4) is 0 Å². The van der Waals surface area contributed by atoms with E-state index in [1.54, 1.807) is 13.0 Å². The van der Waals surface area contributed by atoms with Gasteiger partial charge in [-0.3, -0.25) is 9.59 Å². The topological polar surface area (TPSA) is 101 Å². The molecular weight excluding hydrogens is 222 g/mol. The number of amides is 1. The van der Waals surface area contributed by atoms with E-state index >= 15 is 0 Å². The third-order valence-corrected chi connectivity index (χ3v) is 2.59. The lowest BCUT2D eigenvalue weighted by molar-refractivity contribution is -0.132. The van der Waals surface area contributed by atoms with E-state index in [4.69, 9.17) is 5.73 Å². The molecule has 1 aromatic rings. The second-order valence-electron chi connectivity index (χ2n) is 3.92. The molecule has 0 spiro atoms. The minimum absolute atomic E-state index is 0.0930. The summed E-state index contributed by atoms with van der Waals surface area (Å²) in [4.78, 5) is 21.9. The van der Waals surface area contributed by atoms with Gasteiger partial charge in [-0.1, -0.05) is 12.1 Å². The summed E-state index contributed by atoms with van der Waals surface area (Å²) in [6.07, 6.45) is -3.04. The molecule has 0 aliphatic carbocycles. The van der Waals surface area contributed by atoms with E-state index in [9.17, 15) is 19.8 Å². The van der Waals surface area contributed by atoms with Crippen molar-refractivity contribution in [3.63, 3.8) is 0 Å². The molecule has 1 rings (SSSR count). The quantitative estimate of drug-likeness (QED) is 0.645. The van der Waals surface area contributed by atoms with E-state index in [1.165, 1.54) is 19.1 Å². The van der Waals surface area contributed by atoms with Gasteiger partial charge in [0.25, 0.3) is 0 Å². The first kappa shape index (κ1) is 13.3. The van der Waals surface area contributed by atoms with Gasteiger partial charge in [0.1, 0.15) is 6.10 Å². The lowest BCUT2D eigenvalue weighted by atomic mass is 9.96. The maximum absolute atomic E-state index is 11.1. The smallest absolute Gasteiger partial charge is 0.249 e. The Labute approximate surface area is 98.9 Å². The third kappa shape index (κ3) is 2.89. The first-order chi connectivity index (χ1) is 7.84. The molecule has 92 valence electrons. The highest BCUT2D eigenvalue weighted by Crippen LogP contribution is 2.22. The van der Waals surface area contributed by atoms with Crippen LogP contribution in [0.25, 0.3) is 0 Å². The van der Waals surface area contributed by atoms with Crippen LogP contribution in [0.1, 0.15) is 34.5 Å². The molecule has 0 aliphatic rings. The first-order valence-electron chi connectivity index (χ1n) is 5.11. The molecule has 5 nitrogen and oxygen atoms in total. The lowest BCUT2D eigenvalue weighted by Gasteiger charge is -2.17. The molecular formula is C12H15NO4. The zero-order valence-electron chi connectivity index (χ0n) is 9.68. The standard InChI is InChI=1S/C12H15NO4/c1-6-5-8(7(2)14)3-4-9(6)10(15)11(16)12(13)17/h3-5,10-11,15-16H,1-2H3,(H2,13,17). The van der Waals surface area contributed by atoms with Gasteiger partial charge in [-0.15, -0.1) is 0 Å². The van der Waals surface area contributed by atoms with Gasteiger partial charge in [-0.25, -0.2) is 0 Å². The van der Waals surface area contributed by atoms with Gasteiger partial charge in [0.2, 0.25) is 5.91 Å². The second-order valence-corrected chi connectivity index (χ2v) is 3.92. The van der Waals surface area contributed by atoms with Crippen molar-refractivity contribution in [1.29, 1.82) is 0 Å². The Morgan fingerprint density at radius 2 is 1.88 bits per heavy atom. The number of aliphatic hydroxyl groups excluding tert-OH is 2. The molecule has 0 heterocycles. The highest BCUT2D eigenvalue weighted by Gasteiger charge is 2.24. The molecule has 5 heteroatoms. The molecule has 0 fully saturated rings. The van der Waals surface area contributed by atoms with Crippen molar-refractivity contribution >= 4 is 11.7 Å².